The van der Waals surface area contributed by atoms with Crippen LogP contribution in [-0.2, 0) is 0 Å². The smallest absolute Gasteiger partial charge is 0.337 e. The van der Waals surface area contributed by atoms with Gasteiger partial charge in [-0.15, -0.1) is 0 Å². The van der Waals surface area contributed by atoms with E-state index in [1.165, 1.54) is 43.8 Å². The van der Waals surface area contributed by atoms with E-state index >= 15 is 0 Å². The third kappa shape index (κ3) is 3.24. The van der Waals surface area contributed by atoms with Gasteiger partial charge in [-0.05, 0) is 12.1 Å². The topological polar surface area (TPSA) is 112 Å². The number of nitrogens with zero attached hydrogens (tertiary/aromatic N) is 2. The third-order valence-corrected chi connectivity index (χ3v) is 2.54. The van der Waals surface area contributed by atoms with Crippen LogP contribution in [-0.4, -0.2) is 28.1 Å². The average Bonchev–Trinajstić information content (AvgIpc) is 2.47. The summed E-state index contributed by atoms with van der Waals surface area (Å²) < 4.78 is 10.3. The molecule has 0 amide bonds. The van der Waals surface area contributed by atoms with Gasteiger partial charge in [0.2, 0.25) is 5.75 Å². The Bertz CT molecular complexity index is 701. The van der Waals surface area contributed by atoms with Crippen LogP contribution in [0.4, 0.5) is 5.69 Å². The number of carboxylic acid groups (broad SMARTS) is 1. The number of hydrogen-bond acceptors (Lipinski definition) is 6. The van der Waals surface area contributed by atoms with E-state index in [1.54, 1.807) is 0 Å². The summed E-state index contributed by atoms with van der Waals surface area (Å²) in [6.07, 6.45) is 2.52. The molecule has 1 aromatic heterocycles. The fourth-order valence-electron chi connectivity index (χ4n) is 1.60. The zero-order chi connectivity index (χ0) is 15.4. The highest BCUT2D eigenvalue weighted by atomic mass is 16.6. The minimum absolute atomic E-state index is 0.0265. The molecular formula is C13H10N2O6. The molecule has 8 nitrogen and oxygen atoms in total. The van der Waals surface area contributed by atoms with Gasteiger partial charge in [0.1, 0.15) is 11.5 Å². The summed E-state index contributed by atoms with van der Waals surface area (Å²) in [5, 5.41) is 19.6. The summed E-state index contributed by atoms with van der Waals surface area (Å²) in [6, 6.07) is 5.26. The van der Waals surface area contributed by atoms with Crippen LogP contribution in [0.2, 0.25) is 0 Å². The lowest BCUT2D eigenvalue weighted by molar-refractivity contribution is -0.385. The maximum absolute atomic E-state index is 10.8. The number of carboxylic acids is 1. The molecule has 0 saturated carbocycles. The lowest BCUT2D eigenvalue weighted by atomic mass is 10.2. The van der Waals surface area contributed by atoms with Crippen LogP contribution in [0.5, 0.6) is 17.2 Å². The molecule has 0 bridgehead atoms. The number of aromatic carboxylic acids is 1. The highest BCUT2D eigenvalue weighted by Crippen LogP contribution is 2.32. The normalized spacial score (nSPS) is 9.95. The minimum atomic E-state index is -1.13. The van der Waals surface area contributed by atoms with E-state index in [0.717, 1.165) is 0 Å². The molecular weight excluding hydrogens is 280 g/mol. The van der Waals surface area contributed by atoms with Crippen LogP contribution >= 0.6 is 0 Å². The van der Waals surface area contributed by atoms with E-state index in [2.05, 4.69) is 4.98 Å². The molecule has 0 saturated heterocycles. The molecule has 1 N–H and O–H groups in total. The van der Waals surface area contributed by atoms with Crippen molar-refractivity contribution in [3.63, 3.8) is 0 Å². The summed E-state index contributed by atoms with van der Waals surface area (Å²) in [4.78, 5) is 24.8. The van der Waals surface area contributed by atoms with E-state index in [9.17, 15) is 14.9 Å². The van der Waals surface area contributed by atoms with Crippen LogP contribution < -0.4 is 9.47 Å². The van der Waals surface area contributed by atoms with Crippen LogP contribution in [0.15, 0.2) is 36.7 Å². The van der Waals surface area contributed by atoms with Gasteiger partial charge in [-0.25, -0.2) is 4.79 Å². The molecule has 0 spiro atoms. The molecule has 1 aromatic carbocycles. The van der Waals surface area contributed by atoms with Crippen LogP contribution in [0.25, 0.3) is 0 Å². The molecule has 8 heteroatoms. The number of hydrogen-bond donors (Lipinski definition) is 1. The first-order valence-corrected chi connectivity index (χ1v) is 5.70. The minimum Gasteiger partial charge on any atom is -0.490 e. The summed E-state index contributed by atoms with van der Waals surface area (Å²) in [5.41, 5.74) is -0.219. The van der Waals surface area contributed by atoms with Crippen LogP contribution in [0.3, 0.4) is 0 Å². The van der Waals surface area contributed by atoms with Crippen molar-refractivity contribution < 1.29 is 24.3 Å². The van der Waals surface area contributed by atoms with Crippen molar-refractivity contribution in [2.75, 3.05) is 7.11 Å². The summed E-state index contributed by atoms with van der Waals surface area (Å²) in [6.45, 7) is 0. The summed E-state index contributed by atoms with van der Waals surface area (Å²) in [5.74, 6) is -0.623. The van der Waals surface area contributed by atoms with Crippen molar-refractivity contribution in [2.45, 2.75) is 0 Å². The number of ether oxygens (including phenoxy) is 2. The lowest BCUT2D eigenvalue weighted by Crippen LogP contribution is -1.98. The first kappa shape index (κ1) is 14.3. The van der Waals surface area contributed by atoms with Crippen molar-refractivity contribution in [1.82, 2.24) is 4.98 Å². The van der Waals surface area contributed by atoms with Gasteiger partial charge in [-0.3, -0.25) is 15.1 Å². The summed E-state index contributed by atoms with van der Waals surface area (Å²) >= 11 is 0. The first-order valence-electron chi connectivity index (χ1n) is 5.70. The Morgan fingerprint density at radius 2 is 2.05 bits per heavy atom. The third-order valence-electron chi connectivity index (χ3n) is 2.54. The Balaban J connectivity index is 2.29. The maximum Gasteiger partial charge on any atom is 0.337 e. The zero-order valence-corrected chi connectivity index (χ0v) is 10.8. The molecule has 0 atom stereocenters. The second-order valence-electron chi connectivity index (χ2n) is 3.91. The number of aromatic nitrogens is 1. The van der Waals surface area contributed by atoms with E-state index in [0.29, 0.717) is 0 Å². The fourth-order valence-corrected chi connectivity index (χ4v) is 1.60. The van der Waals surface area contributed by atoms with E-state index < -0.39 is 10.9 Å². The highest BCUT2D eigenvalue weighted by Gasteiger charge is 2.15. The Kier molecular flexibility index (Phi) is 3.98. The number of nitro groups is 1. The van der Waals surface area contributed by atoms with Crippen molar-refractivity contribution in [3.05, 3.63) is 52.3 Å². The zero-order valence-electron chi connectivity index (χ0n) is 10.8. The Morgan fingerprint density at radius 3 is 2.67 bits per heavy atom. The molecule has 0 fully saturated rings. The standard InChI is InChI=1S/C13H10N2O6/c1-20-12-5-9(2-3-11(12)15(18)19)21-10-4-8(13(16)17)6-14-7-10/h2-7H,1H3,(H,16,17). The monoisotopic (exact) mass is 290 g/mol. The fraction of sp³-hybridized carbons (Fsp3) is 0.0769. The predicted molar refractivity (Wildman–Crippen MR) is 70.9 cm³/mol. The molecule has 1 heterocycles. The highest BCUT2D eigenvalue weighted by molar-refractivity contribution is 5.87. The van der Waals surface area contributed by atoms with Gasteiger partial charge in [0, 0.05) is 18.3 Å². The van der Waals surface area contributed by atoms with Gasteiger partial charge in [0.15, 0.2) is 0 Å². The molecule has 21 heavy (non-hydrogen) atoms. The van der Waals surface area contributed by atoms with Crippen molar-refractivity contribution in [2.24, 2.45) is 0 Å². The van der Waals surface area contributed by atoms with Crippen molar-refractivity contribution in [3.8, 4) is 17.2 Å². The molecule has 0 radical (unpaired) electrons. The van der Waals surface area contributed by atoms with Gasteiger partial charge in [0.05, 0.1) is 23.8 Å². The number of methoxy groups -OCH3 is 1. The molecule has 0 unspecified atom stereocenters. The summed E-state index contributed by atoms with van der Waals surface area (Å²) in [7, 11) is 1.30. The van der Waals surface area contributed by atoms with E-state index in [1.807, 2.05) is 0 Å². The number of rotatable bonds is 5. The Labute approximate surface area is 118 Å². The molecule has 108 valence electrons. The van der Waals surface area contributed by atoms with Gasteiger partial charge in [-0.1, -0.05) is 0 Å². The van der Waals surface area contributed by atoms with Gasteiger partial charge in [-0.2, -0.15) is 0 Å². The molecule has 0 aliphatic rings. The Morgan fingerprint density at radius 1 is 1.29 bits per heavy atom. The number of pyridine rings is 1. The quantitative estimate of drug-likeness (QED) is 0.664. The van der Waals surface area contributed by atoms with Gasteiger partial charge >= 0.3 is 11.7 Å². The SMILES string of the molecule is COc1cc(Oc2cncc(C(=O)O)c2)ccc1[N+](=O)[O-]. The second kappa shape index (κ2) is 5.87. The molecule has 0 aliphatic carbocycles. The molecule has 0 aliphatic heterocycles. The predicted octanol–water partition coefficient (Wildman–Crippen LogP) is 2.49. The van der Waals surface area contributed by atoms with Crippen molar-refractivity contribution >= 4 is 11.7 Å². The van der Waals surface area contributed by atoms with Gasteiger partial charge < -0.3 is 14.6 Å². The van der Waals surface area contributed by atoms with Crippen LogP contribution in [0, 0.1) is 10.1 Å². The van der Waals surface area contributed by atoms with E-state index in [-0.39, 0.29) is 28.5 Å². The van der Waals surface area contributed by atoms with Gasteiger partial charge in [0.25, 0.3) is 0 Å². The Hall–Kier alpha value is -3.16. The number of carbonyl (C=O) groups is 1. The second-order valence-corrected chi connectivity index (χ2v) is 3.91. The number of nitro benzene ring substituents is 1. The largest absolute Gasteiger partial charge is 0.490 e. The lowest BCUT2D eigenvalue weighted by Gasteiger charge is -2.08. The first-order chi connectivity index (χ1) is 10.0. The molecule has 2 aromatic rings. The number of benzene rings is 1. The van der Waals surface area contributed by atoms with Crippen molar-refractivity contribution in [1.29, 1.82) is 0 Å². The molecule has 2 rings (SSSR count). The van der Waals surface area contributed by atoms with Crippen LogP contribution in [0.1, 0.15) is 10.4 Å². The van der Waals surface area contributed by atoms with E-state index in [4.69, 9.17) is 14.6 Å². The maximum atomic E-state index is 10.8. The average molecular weight is 290 g/mol.